The molecular weight excluding hydrogens is 192 g/mol. The zero-order valence-electron chi connectivity index (χ0n) is 9.27. The van der Waals surface area contributed by atoms with Gasteiger partial charge in [-0.3, -0.25) is 0 Å². The fourth-order valence-corrected chi connectivity index (χ4v) is 1.30. The highest BCUT2D eigenvalue weighted by Gasteiger charge is 2.07. The Balaban J connectivity index is 2.62. The maximum absolute atomic E-state index is 9.76. The van der Waals surface area contributed by atoms with E-state index in [0.717, 1.165) is 11.3 Å². The molecule has 0 saturated heterocycles. The normalized spacial score (nSPS) is 12.5. The van der Waals surface area contributed by atoms with Gasteiger partial charge in [0.15, 0.2) is 0 Å². The molecule has 0 heterocycles. The quantitative estimate of drug-likeness (QED) is 0.782. The fraction of sp³-hybridized carbons (Fsp3) is 0.500. The number of rotatable bonds is 6. The van der Waals surface area contributed by atoms with Crippen LogP contribution in [-0.4, -0.2) is 24.9 Å². The third-order valence-corrected chi connectivity index (χ3v) is 2.03. The first kappa shape index (κ1) is 12.0. The summed E-state index contributed by atoms with van der Waals surface area (Å²) >= 11 is 0. The Bertz CT molecular complexity index is 286. The van der Waals surface area contributed by atoms with Crippen LogP contribution in [0, 0.1) is 0 Å². The second-order valence-corrected chi connectivity index (χ2v) is 3.18. The van der Waals surface area contributed by atoms with E-state index in [1.54, 1.807) is 0 Å². The van der Waals surface area contributed by atoms with Crippen LogP contribution in [0.15, 0.2) is 24.3 Å². The van der Waals surface area contributed by atoms with Gasteiger partial charge >= 0.3 is 0 Å². The van der Waals surface area contributed by atoms with Crippen molar-refractivity contribution in [3.8, 4) is 5.75 Å². The average molecular weight is 210 g/mol. The lowest BCUT2D eigenvalue weighted by Gasteiger charge is -2.12. The lowest BCUT2D eigenvalue weighted by molar-refractivity contribution is 0.0419. The third kappa shape index (κ3) is 3.90. The van der Waals surface area contributed by atoms with E-state index >= 15 is 0 Å². The summed E-state index contributed by atoms with van der Waals surface area (Å²) < 4.78 is 10.5. The second-order valence-electron chi connectivity index (χ2n) is 3.18. The van der Waals surface area contributed by atoms with Crippen molar-refractivity contribution in [3.63, 3.8) is 0 Å². The minimum Gasteiger partial charge on any atom is -0.494 e. The fourth-order valence-electron chi connectivity index (χ4n) is 1.30. The first-order chi connectivity index (χ1) is 7.27. The molecule has 1 aromatic carbocycles. The first-order valence-corrected chi connectivity index (χ1v) is 5.26. The summed E-state index contributed by atoms with van der Waals surface area (Å²) in [5.41, 5.74) is 0.828. The Morgan fingerprint density at radius 3 is 2.73 bits per heavy atom. The highest BCUT2D eigenvalue weighted by molar-refractivity contribution is 5.29. The van der Waals surface area contributed by atoms with Gasteiger partial charge in [0.25, 0.3) is 0 Å². The van der Waals surface area contributed by atoms with Crippen LogP contribution in [-0.2, 0) is 4.74 Å². The Labute approximate surface area is 90.6 Å². The molecule has 84 valence electrons. The van der Waals surface area contributed by atoms with Crippen LogP contribution in [0.4, 0.5) is 0 Å². The summed E-state index contributed by atoms with van der Waals surface area (Å²) in [5.74, 6) is 0.783. The summed E-state index contributed by atoms with van der Waals surface area (Å²) in [5, 5.41) is 9.76. The predicted molar refractivity (Wildman–Crippen MR) is 59.1 cm³/mol. The lowest BCUT2D eigenvalue weighted by Crippen LogP contribution is -2.07. The molecule has 1 aromatic rings. The molecule has 0 fully saturated rings. The van der Waals surface area contributed by atoms with Gasteiger partial charge in [0, 0.05) is 6.61 Å². The van der Waals surface area contributed by atoms with Gasteiger partial charge in [0.05, 0.1) is 13.2 Å². The van der Waals surface area contributed by atoms with Crippen LogP contribution in [0.2, 0.25) is 0 Å². The molecule has 0 aliphatic carbocycles. The van der Waals surface area contributed by atoms with E-state index in [2.05, 4.69) is 0 Å². The van der Waals surface area contributed by atoms with E-state index in [1.165, 1.54) is 0 Å². The molecule has 1 rings (SSSR count). The Kier molecular flexibility index (Phi) is 5.15. The number of hydrogen-bond acceptors (Lipinski definition) is 3. The zero-order chi connectivity index (χ0) is 11.1. The average Bonchev–Trinajstić information content (AvgIpc) is 2.27. The Morgan fingerprint density at radius 1 is 1.27 bits per heavy atom. The number of aliphatic hydroxyl groups is 1. The summed E-state index contributed by atoms with van der Waals surface area (Å²) in [6.07, 6.45) is -0.578. The lowest BCUT2D eigenvalue weighted by atomic mass is 10.1. The van der Waals surface area contributed by atoms with E-state index in [9.17, 15) is 5.11 Å². The largest absolute Gasteiger partial charge is 0.494 e. The second kappa shape index (κ2) is 6.43. The van der Waals surface area contributed by atoms with Crippen LogP contribution in [0.25, 0.3) is 0 Å². The van der Waals surface area contributed by atoms with Crippen LogP contribution < -0.4 is 4.74 Å². The zero-order valence-corrected chi connectivity index (χ0v) is 9.27. The van der Waals surface area contributed by atoms with E-state index in [4.69, 9.17) is 9.47 Å². The third-order valence-electron chi connectivity index (χ3n) is 2.03. The number of aliphatic hydroxyl groups excluding tert-OH is 1. The SMILES string of the molecule is CCOCC(O)c1cccc(OCC)c1. The first-order valence-electron chi connectivity index (χ1n) is 5.26. The van der Waals surface area contributed by atoms with Crippen molar-refractivity contribution in [3.05, 3.63) is 29.8 Å². The van der Waals surface area contributed by atoms with Crippen molar-refractivity contribution in [1.29, 1.82) is 0 Å². The molecule has 1 atom stereocenters. The Hall–Kier alpha value is -1.06. The monoisotopic (exact) mass is 210 g/mol. The molecule has 0 amide bonds. The van der Waals surface area contributed by atoms with Crippen molar-refractivity contribution in [1.82, 2.24) is 0 Å². The molecule has 0 aliphatic heterocycles. The van der Waals surface area contributed by atoms with Crippen molar-refractivity contribution in [2.45, 2.75) is 20.0 Å². The van der Waals surface area contributed by atoms with Crippen LogP contribution in [0.3, 0.4) is 0 Å². The molecule has 0 spiro atoms. The molecule has 3 nitrogen and oxygen atoms in total. The summed E-state index contributed by atoms with van der Waals surface area (Å²) in [6, 6.07) is 7.45. The topological polar surface area (TPSA) is 38.7 Å². The van der Waals surface area contributed by atoms with Gasteiger partial charge in [-0.15, -0.1) is 0 Å². The van der Waals surface area contributed by atoms with Crippen LogP contribution in [0.1, 0.15) is 25.5 Å². The Morgan fingerprint density at radius 2 is 2.07 bits per heavy atom. The van der Waals surface area contributed by atoms with E-state index in [0.29, 0.717) is 19.8 Å². The molecule has 3 heteroatoms. The summed E-state index contributed by atoms with van der Waals surface area (Å²) in [7, 11) is 0. The molecule has 1 unspecified atom stereocenters. The molecule has 0 saturated carbocycles. The van der Waals surface area contributed by atoms with Gasteiger partial charge in [-0.25, -0.2) is 0 Å². The predicted octanol–water partition coefficient (Wildman–Crippen LogP) is 2.16. The smallest absolute Gasteiger partial charge is 0.119 e. The minimum atomic E-state index is -0.578. The highest BCUT2D eigenvalue weighted by Crippen LogP contribution is 2.19. The molecule has 0 aromatic heterocycles. The molecule has 15 heavy (non-hydrogen) atoms. The van der Waals surface area contributed by atoms with E-state index < -0.39 is 6.10 Å². The standard InChI is InChI=1S/C12H18O3/c1-3-14-9-12(13)10-6-5-7-11(8-10)15-4-2/h5-8,12-13H,3-4,9H2,1-2H3. The number of benzene rings is 1. The van der Waals surface area contributed by atoms with Gasteiger partial charge < -0.3 is 14.6 Å². The van der Waals surface area contributed by atoms with E-state index in [-0.39, 0.29) is 0 Å². The minimum absolute atomic E-state index is 0.325. The number of hydrogen-bond donors (Lipinski definition) is 1. The van der Waals surface area contributed by atoms with Crippen LogP contribution >= 0.6 is 0 Å². The molecule has 0 bridgehead atoms. The molecular formula is C12H18O3. The van der Waals surface area contributed by atoms with Crippen molar-refractivity contribution >= 4 is 0 Å². The van der Waals surface area contributed by atoms with Crippen molar-refractivity contribution in [2.75, 3.05) is 19.8 Å². The molecule has 0 aliphatic rings. The van der Waals surface area contributed by atoms with Gasteiger partial charge in [-0.2, -0.15) is 0 Å². The maximum atomic E-state index is 9.76. The van der Waals surface area contributed by atoms with Crippen LogP contribution in [0.5, 0.6) is 5.75 Å². The molecule has 1 N–H and O–H groups in total. The van der Waals surface area contributed by atoms with Gasteiger partial charge in [-0.1, -0.05) is 12.1 Å². The van der Waals surface area contributed by atoms with E-state index in [1.807, 2.05) is 38.1 Å². The summed E-state index contributed by atoms with van der Waals surface area (Å²) in [6.45, 7) is 5.41. The summed E-state index contributed by atoms with van der Waals surface area (Å²) in [4.78, 5) is 0. The van der Waals surface area contributed by atoms with Gasteiger partial charge in [0.1, 0.15) is 11.9 Å². The number of ether oxygens (including phenoxy) is 2. The maximum Gasteiger partial charge on any atom is 0.119 e. The van der Waals surface area contributed by atoms with Crippen molar-refractivity contribution < 1.29 is 14.6 Å². The van der Waals surface area contributed by atoms with Gasteiger partial charge in [-0.05, 0) is 31.5 Å². The van der Waals surface area contributed by atoms with Gasteiger partial charge in [0.2, 0.25) is 0 Å². The highest BCUT2D eigenvalue weighted by atomic mass is 16.5. The van der Waals surface area contributed by atoms with Crippen molar-refractivity contribution in [2.24, 2.45) is 0 Å². The molecule has 0 radical (unpaired) electrons.